The van der Waals surface area contributed by atoms with Crippen LogP contribution in [0.5, 0.6) is 0 Å². The zero-order valence-corrected chi connectivity index (χ0v) is 13.9. The lowest BCUT2D eigenvalue weighted by atomic mass is 9.95. The number of ether oxygens (including phenoxy) is 1. The van der Waals surface area contributed by atoms with E-state index in [1.54, 1.807) is 0 Å². The van der Waals surface area contributed by atoms with E-state index in [0.29, 0.717) is 12.1 Å². The number of nitrogens with zero attached hydrogens (tertiary/aromatic N) is 2. The SMILES string of the molecule is CCOC1C2CCC(CN1C(C)(C)C)N2C(C)(C)C. The van der Waals surface area contributed by atoms with Crippen molar-refractivity contribution in [2.24, 2.45) is 0 Å². The van der Waals surface area contributed by atoms with Gasteiger partial charge in [0, 0.05) is 30.3 Å². The van der Waals surface area contributed by atoms with Gasteiger partial charge in [0.15, 0.2) is 0 Å². The summed E-state index contributed by atoms with van der Waals surface area (Å²) in [6.07, 6.45) is 2.85. The first kappa shape index (κ1) is 15.3. The van der Waals surface area contributed by atoms with Gasteiger partial charge in [0.05, 0.1) is 6.04 Å². The van der Waals surface area contributed by atoms with E-state index >= 15 is 0 Å². The van der Waals surface area contributed by atoms with Crippen LogP contribution in [0.2, 0.25) is 0 Å². The summed E-state index contributed by atoms with van der Waals surface area (Å²) in [4.78, 5) is 5.30. The van der Waals surface area contributed by atoms with Crippen LogP contribution in [0.15, 0.2) is 0 Å². The molecule has 0 spiro atoms. The van der Waals surface area contributed by atoms with E-state index in [2.05, 4.69) is 58.3 Å². The van der Waals surface area contributed by atoms with Crippen LogP contribution in [0.3, 0.4) is 0 Å². The molecule has 3 nitrogen and oxygen atoms in total. The first-order chi connectivity index (χ1) is 8.66. The molecule has 2 fully saturated rings. The maximum atomic E-state index is 6.16. The molecular formula is C16H32N2O. The van der Waals surface area contributed by atoms with Crippen molar-refractivity contribution in [1.82, 2.24) is 9.80 Å². The Morgan fingerprint density at radius 1 is 1.00 bits per heavy atom. The summed E-state index contributed by atoms with van der Waals surface area (Å²) in [5, 5.41) is 0. The number of piperazine rings is 1. The van der Waals surface area contributed by atoms with Crippen LogP contribution in [0.1, 0.15) is 61.3 Å². The molecule has 0 saturated carbocycles. The zero-order valence-electron chi connectivity index (χ0n) is 13.9. The largest absolute Gasteiger partial charge is 0.362 e. The molecular weight excluding hydrogens is 236 g/mol. The van der Waals surface area contributed by atoms with Crippen molar-refractivity contribution in [3.8, 4) is 0 Å². The van der Waals surface area contributed by atoms with Crippen LogP contribution in [0, 0.1) is 0 Å². The summed E-state index contributed by atoms with van der Waals surface area (Å²) < 4.78 is 6.16. The smallest absolute Gasteiger partial charge is 0.126 e. The molecule has 3 heteroatoms. The fourth-order valence-electron chi connectivity index (χ4n) is 3.98. The van der Waals surface area contributed by atoms with Crippen LogP contribution in [-0.2, 0) is 4.74 Å². The molecule has 19 heavy (non-hydrogen) atoms. The first-order valence-electron chi connectivity index (χ1n) is 7.83. The Labute approximate surface area is 119 Å². The Morgan fingerprint density at radius 2 is 1.63 bits per heavy atom. The lowest BCUT2D eigenvalue weighted by Crippen LogP contribution is -2.68. The molecule has 0 aliphatic carbocycles. The molecule has 3 unspecified atom stereocenters. The minimum atomic E-state index is 0.185. The van der Waals surface area contributed by atoms with Gasteiger partial charge in [-0.1, -0.05) is 0 Å². The van der Waals surface area contributed by atoms with Gasteiger partial charge in [-0.2, -0.15) is 0 Å². The standard InChI is InChI=1S/C16H32N2O/c1-8-19-14-13-10-9-12(18(13)16(5,6)7)11-17(14)15(2,3)4/h12-14H,8-11H2,1-7H3. The van der Waals surface area contributed by atoms with E-state index in [1.807, 2.05) is 0 Å². The second kappa shape index (κ2) is 5.01. The van der Waals surface area contributed by atoms with E-state index in [-0.39, 0.29) is 17.3 Å². The summed E-state index contributed by atoms with van der Waals surface area (Å²) in [7, 11) is 0. The molecule has 2 bridgehead atoms. The first-order valence-corrected chi connectivity index (χ1v) is 7.83. The van der Waals surface area contributed by atoms with Crippen LogP contribution in [0.25, 0.3) is 0 Å². The topological polar surface area (TPSA) is 15.7 Å². The minimum absolute atomic E-state index is 0.185. The Balaban J connectivity index is 2.28. The number of fused-ring (bicyclic) bond motifs is 2. The molecule has 2 aliphatic heterocycles. The summed E-state index contributed by atoms with van der Waals surface area (Å²) in [5.74, 6) is 0. The van der Waals surface area contributed by atoms with E-state index < -0.39 is 0 Å². The van der Waals surface area contributed by atoms with Gasteiger partial charge in [-0.3, -0.25) is 9.80 Å². The van der Waals surface area contributed by atoms with Gasteiger partial charge in [0.2, 0.25) is 0 Å². The Bertz CT molecular complexity index is 316. The van der Waals surface area contributed by atoms with Gasteiger partial charge in [0.25, 0.3) is 0 Å². The molecule has 2 rings (SSSR count). The molecule has 2 heterocycles. The summed E-state index contributed by atoms with van der Waals surface area (Å²) in [6, 6.07) is 1.25. The predicted molar refractivity (Wildman–Crippen MR) is 80.3 cm³/mol. The van der Waals surface area contributed by atoms with Crippen molar-refractivity contribution < 1.29 is 4.74 Å². The maximum Gasteiger partial charge on any atom is 0.126 e. The maximum absolute atomic E-state index is 6.16. The third-order valence-corrected chi connectivity index (χ3v) is 4.56. The quantitative estimate of drug-likeness (QED) is 0.765. The highest BCUT2D eigenvalue weighted by atomic mass is 16.5. The number of hydrogen-bond acceptors (Lipinski definition) is 3. The molecule has 2 aliphatic rings. The average Bonchev–Trinajstić information content (AvgIpc) is 2.57. The fourth-order valence-corrected chi connectivity index (χ4v) is 3.98. The number of likely N-dealkylation sites (tertiary alicyclic amines) is 1. The van der Waals surface area contributed by atoms with Gasteiger partial charge in [-0.05, 0) is 61.3 Å². The number of hydrogen-bond donors (Lipinski definition) is 0. The number of rotatable bonds is 2. The molecule has 0 aromatic carbocycles. The summed E-state index contributed by atoms with van der Waals surface area (Å²) in [6.45, 7) is 18.0. The fraction of sp³-hybridized carbons (Fsp3) is 1.00. The third-order valence-electron chi connectivity index (χ3n) is 4.56. The van der Waals surface area contributed by atoms with Gasteiger partial charge < -0.3 is 4.74 Å². The zero-order chi connectivity index (χ0) is 14.4. The van der Waals surface area contributed by atoms with E-state index in [1.165, 1.54) is 12.8 Å². The van der Waals surface area contributed by atoms with Gasteiger partial charge in [0.1, 0.15) is 6.23 Å². The van der Waals surface area contributed by atoms with Crippen LogP contribution >= 0.6 is 0 Å². The van der Waals surface area contributed by atoms with Crippen molar-refractivity contribution in [3.63, 3.8) is 0 Å². The van der Waals surface area contributed by atoms with E-state index in [0.717, 1.165) is 13.2 Å². The van der Waals surface area contributed by atoms with Crippen molar-refractivity contribution in [3.05, 3.63) is 0 Å². The third kappa shape index (κ3) is 2.84. The van der Waals surface area contributed by atoms with E-state index in [9.17, 15) is 0 Å². The molecule has 2 saturated heterocycles. The van der Waals surface area contributed by atoms with Crippen molar-refractivity contribution in [1.29, 1.82) is 0 Å². The molecule has 0 N–H and O–H groups in total. The predicted octanol–water partition coefficient (Wildman–Crippen LogP) is 3.09. The van der Waals surface area contributed by atoms with Crippen LogP contribution < -0.4 is 0 Å². The molecule has 112 valence electrons. The minimum Gasteiger partial charge on any atom is -0.362 e. The highest BCUT2D eigenvalue weighted by Crippen LogP contribution is 2.41. The lowest BCUT2D eigenvalue weighted by molar-refractivity contribution is -0.175. The van der Waals surface area contributed by atoms with Gasteiger partial charge in [-0.15, -0.1) is 0 Å². The molecule has 3 atom stereocenters. The molecule has 0 aromatic heterocycles. The van der Waals surface area contributed by atoms with Crippen molar-refractivity contribution >= 4 is 0 Å². The normalized spacial score (nSPS) is 33.9. The van der Waals surface area contributed by atoms with Gasteiger partial charge >= 0.3 is 0 Å². The van der Waals surface area contributed by atoms with Crippen molar-refractivity contribution in [2.75, 3.05) is 13.2 Å². The summed E-state index contributed by atoms with van der Waals surface area (Å²) >= 11 is 0. The van der Waals surface area contributed by atoms with Crippen molar-refractivity contribution in [2.45, 2.75) is 90.7 Å². The molecule has 0 aromatic rings. The Kier molecular flexibility index (Phi) is 4.03. The monoisotopic (exact) mass is 268 g/mol. The van der Waals surface area contributed by atoms with E-state index in [4.69, 9.17) is 4.74 Å². The van der Waals surface area contributed by atoms with Crippen LogP contribution in [0.4, 0.5) is 0 Å². The van der Waals surface area contributed by atoms with Crippen LogP contribution in [-0.4, -0.2) is 52.3 Å². The van der Waals surface area contributed by atoms with Gasteiger partial charge in [-0.25, -0.2) is 0 Å². The lowest BCUT2D eigenvalue weighted by Gasteiger charge is -2.55. The highest BCUT2D eigenvalue weighted by molar-refractivity contribution is 5.05. The molecule has 0 amide bonds. The Hall–Kier alpha value is -0.120. The highest BCUT2D eigenvalue weighted by Gasteiger charge is 2.52. The summed E-state index contributed by atoms with van der Waals surface area (Å²) in [5.41, 5.74) is 0.426. The second-order valence-corrected chi connectivity index (χ2v) is 8.05. The Morgan fingerprint density at radius 3 is 2.11 bits per heavy atom. The molecule has 0 radical (unpaired) electrons. The average molecular weight is 268 g/mol. The second-order valence-electron chi connectivity index (χ2n) is 8.05.